The number of aliphatic hydroxyl groups excluding tert-OH is 8. The Kier molecular flexibility index (Phi) is 12.3. The van der Waals surface area contributed by atoms with Crippen molar-refractivity contribution >= 4 is 0 Å². The number of rotatable bonds is 9. The highest BCUT2D eigenvalue weighted by Crippen LogP contribution is 2.75. The van der Waals surface area contributed by atoms with Gasteiger partial charge in [-0.25, -0.2) is 0 Å². The Labute approximate surface area is 321 Å². The second-order valence-corrected chi connectivity index (χ2v) is 19.4. The zero-order valence-electron chi connectivity index (χ0n) is 33.7. The first-order valence-electron chi connectivity index (χ1n) is 20.5. The van der Waals surface area contributed by atoms with E-state index in [1.54, 1.807) is 0 Å². The quantitative estimate of drug-likeness (QED) is 0.126. The van der Waals surface area contributed by atoms with Gasteiger partial charge in [-0.05, 0) is 117 Å². The second-order valence-electron chi connectivity index (χ2n) is 19.4. The van der Waals surface area contributed by atoms with Crippen molar-refractivity contribution in [2.45, 2.75) is 180 Å². The lowest BCUT2D eigenvalue weighted by Crippen LogP contribution is -2.67. The average molecular weight is 767 g/mol. The maximum absolute atomic E-state index is 12.1. The highest BCUT2D eigenvalue weighted by Gasteiger charge is 2.70. The average Bonchev–Trinajstić information content (AvgIpc) is 3.49. The molecule has 6 fully saturated rings. The molecule has 19 atom stereocenters. The third-order valence-corrected chi connectivity index (χ3v) is 16.1. The van der Waals surface area contributed by atoms with Crippen LogP contribution >= 0.6 is 0 Å². The molecule has 2 heterocycles. The molecule has 4 aliphatic carbocycles. The predicted octanol–water partition coefficient (Wildman–Crippen LogP) is 2.95. The van der Waals surface area contributed by atoms with Crippen molar-refractivity contribution in [1.29, 1.82) is 0 Å². The summed E-state index contributed by atoms with van der Waals surface area (Å²) in [5.41, 5.74) is 2.29. The third kappa shape index (κ3) is 6.89. The van der Waals surface area contributed by atoms with Crippen molar-refractivity contribution in [2.24, 2.45) is 45.3 Å². The Balaban J connectivity index is 1.23. The van der Waals surface area contributed by atoms with Crippen LogP contribution < -0.4 is 0 Å². The molecule has 0 unspecified atom stereocenters. The van der Waals surface area contributed by atoms with Gasteiger partial charge in [-0.3, -0.25) is 0 Å². The summed E-state index contributed by atoms with van der Waals surface area (Å²) in [5, 5.41) is 85.4. The van der Waals surface area contributed by atoms with Crippen LogP contribution in [0.15, 0.2) is 23.3 Å². The summed E-state index contributed by atoms with van der Waals surface area (Å²) in [4.78, 5) is 0. The van der Waals surface area contributed by atoms with Crippen LogP contribution in [0.4, 0.5) is 0 Å². The molecule has 0 aromatic rings. The minimum Gasteiger partial charge on any atom is -0.394 e. The van der Waals surface area contributed by atoms with Crippen molar-refractivity contribution in [2.75, 3.05) is 13.2 Å². The molecule has 6 aliphatic rings. The molecule has 12 nitrogen and oxygen atoms in total. The Morgan fingerprint density at radius 2 is 1.28 bits per heavy atom. The van der Waals surface area contributed by atoms with Crippen LogP contribution in [0.2, 0.25) is 0 Å². The van der Waals surface area contributed by atoms with Gasteiger partial charge in [0.1, 0.15) is 48.8 Å². The molecule has 12 heteroatoms. The van der Waals surface area contributed by atoms with E-state index in [4.69, 9.17) is 18.9 Å². The summed E-state index contributed by atoms with van der Waals surface area (Å²) in [7, 11) is 0. The summed E-state index contributed by atoms with van der Waals surface area (Å²) in [5.74, 6) is 1.14. The summed E-state index contributed by atoms with van der Waals surface area (Å²) in [6.45, 7) is 17.1. The minimum atomic E-state index is -1.74. The lowest BCUT2D eigenvalue weighted by atomic mass is 9.35. The van der Waals surface area contributed by atoms with Gasteiger partial charge in [-0.15, -0.1) is 0 Å². The first kappa shape index (κ1) is 42.6. The fourth-order valence-corrected chi connectivity index (χ4v) is 12.9. The zero-order valence-corrected chi connectivity index (χ0v) is 33.7. The standard InChI is InChI=1S/C42H70O12/c1-21(2)10-9-11-22(3)23-12-16-42(8)30(23)24(45)18-28-40(6)15-14-29(39(4,5)27(40)13-17-41(28,42)7)53-38-36(34(49)32(47)26(20-44)52-38)54-37-35(50)33(48)31(46)25(19-43)51-37/h10-11,23-38,43-50H,9,12-20H2,1-8H3/t23-,24-,25-,26-,27+,28-,29+,30+,31-,32-,33+,34+,35-,36-,37+,38+,40+,41-,42-/m1/s1. The van der Waals surface area contributed by atoms with E-state index < -0.39 is 80.0 Å². The Morgan fingerprint density at radius 1 is 0.667 bits per heavy atom. The van der Waals surface area contributed by atoms with E-state index in [0.29, 0.717) is 18.3 Å². The smallest absolute Gasteiger partial charge is 0.187 e. The molecule has 6 rings (SSSR count). The van der Waals surface area contributed by atoms with E-state index in [1.165, 1.54) is 11.1 Å². The largest absolute Gasteiger partial charge is 0.394 e. The number of hydrogen-bond donors (Lipinski definition) is 8. The number of allylic oxidation sites excluding steroid dienone is 4. The molecule has 4 saturated carbocycles. The molecule has 0 aromatic heterocycles. The van der Waals surface area contributed by atoms with Gasteiger partial charge in [-0.2, -0.15) is 0 Å². The molecule has 8 N–H and O–H groups in total. The van der Waals surface area contributed by atoms with Crippen LogP contribution in [0.5, 0.6) is 0 Å². The molecule has 310 valence electrons. The molecule has 0 amide bonds. The molecule has 0 aromatic carbocycles. The SMILES string of the molecule is CC(C)=CCC=C(C)[C@H]1CC[C@]2(C)[C@@H]1[C@H](O)C[C@@H]1[C@@]3(C)CC[C@H](O[C@@H]4O[C@H](CO)[C@@H](O)[C@H](O)[C@H]4O[C@@H]4O[C@H](CO)[C@@H](O)[C@H](O)[C@H]4O)C(C)(C)[C@@H]3CC[C@]12C. The molecule has 0 radical (unpaired) electrons. The van der Waals surface area contributed by atoms with E-state index in [2.05, 4.69) is 67.5 Å². The van der Waals surface area contributed by atoms with Gasteiger partial charge in [0.25, 0.3) is 0 Å². The number of hydrogen-bond acceptors (Lipinski definition) is 12. The van der Waals surface area contributed by atoms with Gasteiger partial charge in [0.05, 0.1) is 25.4 Å². The third-order valence-electron chi connectivity index (χ3n) is 16.1. The van der Waals surface area contributed by atoms with E-state index in [-0.39, 0.29) is 40.3 Å². The van der Waals surface area contributed by atoms with E-state index in [1.807, 2.05) is 0 Å². The summed E-state index contributed by atoms with van der Waals surface area (Å²) < 4.78 is 24.4. The van der Waals surface area contributed by atoms with Crippen molar-refractivity contribution in [3.05, 3.63) is 23.3 Å². The normalized spacial score (nSPS) is 51.9. The second kappa shape index (κ2) is 15.6. The molecule has 0 bridgehead atoms. The van der Waals surface area contributed by atoms with Crippen molar-refractivity contribution in [3.63, 3.8) is 0 Å². The molecule has 0 spiro atoms. The maximum atomic E-state index is 12.1. The number of aliphatic hydroxyl groups is 8. The number of fused-ring (bicyclic) bond motifs is 5. The monoisotopic (exact) mass is 766 g/mol. The van der Waals surface area contributed by atoms with Crippen LogP contribution in [0.1, 0.15) is 107 Å². The van der Waals surface area contributed by atoms with Gasteiger partial charge >= 0.3 is 0 Å². The van der Waals surface area contributed by atoms with Crippen molar-refractivity contribution < 1.29 is 59.8 Å². The first-order valence-corrected chi connectivity index (χ1v) is 20.5. The van der Waals surface area contributed by atoms with Crippen LogP contribution in [0.3, 0.4) is 0 Å². The fraction of sp³-hybridized carbons (Fsp3) is 0.905. The van der Waals surface area contributed by atoms with E-state index in [9.17, 15) is 40.9 Å². The van der Waals surface area contributed by atoms with Gasteiger partial charge in [0.15, 0.2) is 12.6 Å². The highest BCUT2D eigenvalue weighted by atomic mass is 16.8. The Bertz CT molecular complexity index is 1380. The summed E-state index contributed by atoms with van der Waals surface area (Å²) >= 11 is 0. The van der Waals surface area contributed by atoms with Crippen LogP contribution in [-0.4, -0.2) is 128 Å². The highest BCUT2D eigenvalue weighted by molar-refractivity contribution is 5.23. The van der Waals surface area contributed by atoms with Crippen molar-refractivity contribution in [3.8, 4) is 0 Å². The van der Waals surface area contributed by atoms with E-state index >= 15 is 0 Å². The lowest BCUT2D eigenvalue weighted by Gasteiger charge is -2.70. The van der Waals surface area contributed by atoms with Gasteiger partial charge < -0.3 is 59.8 Å². The maximum Gasteiger partial charge on any atom is 0.187 e. The fourth-order valence-electron chi connectivity index (χ4n) is 12.9. The van der Waals surface area contributed by atoms with E-state index in [0.717, 1.165) is 44.9 Å². The molecule has 54 heavy (non-hydrogen) atoms. The Hall–Kier alpha value is -1.00. The Morgan fingerprint density at radius 3 is 1.91 bits per heavy atom. The number of ether oxygens (including phenoxy) is 4. The van der Waals surface area contributed by atoms with Gasteiger partial charge in [0, 0.05) is 0 Å². The van der Waals surface area contributed by atoms with Crippen molar-refractivity contribution in [1.82, 2.24) is 0 Å². The van der Waals surface area contributed by atoms with Crippen LogP contribution in [0.25, 0.3) is 0 Å². The summed E-state index contributed by atoms with van der Waals surface area (Å²) in [6, 6.07) is 0. The zero-order chi connectivity index (χ0) is 39.7. The van der Waals surface area contributed by atoms with Crippen LogP contribution in [0, 0.1) is 45.3 Å². The topological polar surface area (TPSA) is 199 Å². The predicted molar refractivity (Wildman–Crippen MR) is 199 cm³/mol. The lowest BCUT2D eigenvalue weighted by molar-refractivity contribution is -0.378. The van der Waals surface area contributed by atoms with Gasteiger partial charge in [-0.1, -0.05) is 57.9 Å². The first-order chi connectivity index (χ1) is 25.3. The van der Waals surface area contributed by atoms with Crippen LogP contribution in [-0.2, 0) is 18.9 Å². The summed E-state index contributed by atoms with van der Waals surface area (Å²) in [6.07, 6.45) is -3.65. The molecule has 2 saturated heterocycles. The molecular weight excluding hydrogens is 696 g/mol. The van der Waals surface area contributed by atoms with Gasteiger partial charge in [0.2, 0.25) is 0 Å². The minimum absolute atomic E-state index is 0.00171. The molecule has 2 aliphatic heterocycles. The molecular formula is C42H70O12.